The number of hydrogen-bond donors (Lipinski definition) is 2. The van der Waals surface area contributed by atoms with Gasteiger partial charge < -0.3 is 10.4 Å². The summed E-state index contributed by atoms with van der Waals surface area (Å²) in [6.07, 6.45) is -2.69. The average Bonchev–Trinajstić information content (AvgIpc) is 3.70. The minimum absolute atomic E-state index is 0.124. The van der Waals surface area contributed by atoms with Gasteiger partial charge in [0.2, 0.25) is 5.91 Å². The van der Waals surface area contributed by atoms with Gasteiger partial charge in [-0.2, -0.15) is 31.4 Å². The second kappa shape index (κ2) is 14.3. The zero-order chi connectivity index (χ0) is 37.2. The van der Waals surface area contributed by atoms with Crippen LogP contribution in [0.2, 0.25) is 5.02 Å². The number of carboxylic acids is 1. The minimum atomic E-state index is -5.08. The normalized spacial score (nSPS) is 16.5. The Morgan fingerprint density at radius 1 is 1.04 bits per heavy atom. The number of aromatic nitrogens is 8. The maximum absolute atomic E-state index is 13.7. The maximum atomic E-state index is 13.7. The van der Waals surface area contributed by atoms with Gasteiger partial charge in [-0.25, -0.2) is 14.5 Å². The Kier molecular flexibility index (Phi) is 10.3. The quantitative estimate of drug-likeness (QED) is 0.214. The lowest BCUT2D eigenvalue weighted by Gasteiger charge is -2.22. The molecular formula is C31H26ClF6N9O4. The van der Waals surface area contributed by atoms with Crippen molar-refractivity contribution >= 4 is 29.2 Å². The number of fused-ring (bicyclic) bond motifs is 4. The average molecular weight is 738 g/mol. The first kappa shape index (κ1) is 36.7. The zero-order valence-corrected chi connectivity index (χ0v) is 27.2. The highest BCUT2D eigenvalue weighted by atomic mass is 35.5. The minimum Gasteiger partial charge on any atom is -0.475 e. The number of nitrogens with one attached hydrogen (secondary N) is 1. The number of carbonyl (C=O) groups is 2. The molecule has 1 aromatic carbocycles. The van der Waals surface area contributed by atoms with Crippen molar-refractivity contribution in [2.75, 3.05) is 5.32 Å². The number of benzene rings is 1. The van der Waals surface area contributed by atoms with Crippen LogP contribution in [0.1, 0.15) is 43.6 Å². The van der Waals surface area contributed by atoms with E-state index in [2.05, 4.69) is 30.7 Å². The summed E-state index contributed by atoms with van der Waals surface area (Å²) in [5.74, 6) is -3.17. The molecule has 2 atom stereocenters. The molecular weight excluding hydrogens is 712 g/mol. The van der Waals surface area contributed by atoms with E-state index in [1.807, 2.05) is 19.1 Å². The molecule has 13 nitrogen and oxygen atoms in total. The summed E-state index contributed by atoms with van der Waals surface area (Å²) < 4.78 is 75.4. The Morgan fingerprint density at radius 2 is 1.76 bits per heavy atom. The van der Waals surface area contributed by atoms with Gasteiger partial charge in [-0.1, -0.05) is 30.2 Å². The number of pyridine rings is 1. The third-order valence-electron chi connectivity index (χ3n) is 7.83. The molecule has 2 N–H and O–H groups in total. The number of aryl methyl sites for hydroxylation is 1. The Morgan fingerprint density at radius 3 is 2.41 bits per heavy atom. The molecule has 0 saturated heterocycles. The third kappa shape index (κ3) is 8.25. The monoisotopic (exact) mass is 737 g/mol. The highest BCUT2D eigenvalue weighted by molar-refractivity contribution is 6.31. The highest BCUT2D eigenvalue weighted by Crippen LogP contribution is 2.34. The van der Waals surface area contributed by atoms with Crippen molar-refractivity contribution in [3.8, 4) is 28.2 Å². The van der Waals surface area contributed by atoms with Gasteiger partial charge in [-0.15, -0.1) is 5.10 Å². The van der Waals surface area contributed by atoms with Crippen LogP contribution in [0.5, 0.6) is 0 Å². The fraction of sp³-hybridized carbons (Fsp3) is 0.290. The fourth-order valence-corrected chi connectivity index (χ4v) is 5.47. The zero-order valence-electron chi connectivity index (χ0n) is 26.4. The number of carboxylic acid groups (broad SMARTS) is 1. The van der Waals surface area contributed by atoms with Crippen LogP contribution in [0, 0.1) is 5.92 Å². The molecule has 1 aliphatic rings. The molecule has 4 aromatic heterocycles. The summed E-state index contributed by atoms with van der Waals surface area (Å²) in [4.78, 5) is 44.6. The Bertz CT molecular complexity index is 2140. The van der Waals surface area contributed by atoms with E-state index in [0.717, 1.165) is 16.4 Å². The molecule has 6 rings (SSSR count). The second-order valence-electron chi connectivity index (χ2n) is 11.4. The molecule has 51 heavy (non-hydrogen) atoms. The van der Waals surface area contributed by atoms with E-state index >= 15 is 0 Å². The topological polar surface area (TPSA) is 163 Å². The van der Waals surface area contributed by atoms with Crippen molar-refractivity contribution in [1.82, 2.24) is 39.3 Å². The van der Waals surface area contributed by atoms with Crippen LogP contribution in [0.25, 0.3) is 28.2 Å². The molecule has 0 spiro atoms. The molecule has 0 radical (unpaired) electrons. The number of rotatable bonds is 3. The smallest absolute Gasteiger partial charge is 0.475 e. The number of aliphatic carboxylic acids is 1. The number of amides is 1. The Hall–Kier alpha value is -5.59. The summed E-state index contributed by atoms with van der Waals surface area (Å²) in [5.41, 5.74) is 1.78. The Labute approximate surface area is 288 Å². The highest BCUT2D eigenvalue weighted by Gasteiger charge is 2.38. The first-order valence-corrected chi connectivity index (χ1v) is 15.3. The van der Waals surface area contributed by atoms with Crippen molar-refractivity contribution in [2.24, 2.45) is 13.0 Å². The summed E-state index contributed by atoms with van der Waals surface area (Å²) in [6, 6.07) is 8.92. The van der Waals surface area contributed by atoms with E-state index in [1.54, 1.807) is 24.1 Å². The number of carbonyl (C=O) groups excluding carboxylic acids is 1. The van der Waals surface area contributed by atoms with Crippen LogP contribution in [0.3, 0.4) is 0 Å². The Balaban J connectivity index is 0.000000654. The summed E-state index contributed by atoms with van der Waals surface area (Å²) >= 11 is 6.23. The molecule has 20 heteroatoms. The van der Waals surface area contributed by atoms with E-state index in [4.69, 9.17) is 21.5 Å². The molecule has 2 bridgehead atoms. The molecule has 1 aliphatic heterocycles. The van der Waals surface area contributed by atoms with E-state index in [9.17, 15) is 35.9 Å². The molecule has 0 fully saturated rings. The van der Waals surface area contributed by atoms with Gasteiger partial charge in [0, 0.05) is 41.4 Å². The first-order chi connectivity index (χ1) is 23.9. The number of halogens is 7. The summed E-state index contributed by atoms with van der Waals surface area (Å²) in [7, 11) is 1.78. The van der Waals surface area contributed by atoms with Gasteiger partial charge in [-0.05, 0) is 43.2 Å². The maximum Gasteiger partial charge on any atom is 0.490 e. The lowest BCUT2D eigenvalue weighted by atomic mass is 9.97. The molecule has 1 amide bonds. The van der Waals surface area contributed by atoms with Gasteiger partial charge in [-0.3, -0.25) is 23.8 Å². The number of hydrogen-bond acceptors (Lipinski definition) is 8. The predicted octanol–water partition coefficient (Wildman–Crippen LogP) is 5.94. The SMILES string of the molecule is C[C@@H]1CCC[C@H](n2cnc(-c3cc(Cl)ccc3-n3cc(C(F)(F)F)nn3)cc2=O)c2cc(ccn2)-c2c(cnn2C)NC1=O.O=C(O)C(F)(F)F. The van der Waals surface area contributed by atoms with Crippen LogP contribution >= 0.6 is 11.6 Å². The van der Waals surface area contributed by atoms with Crippen molar-refractivity contribution in [3.63, 3.8) is 0 Å². The lowest BCUT2D eigenvalue weighted by molar-refractivity contribution is -0.192. The van der Waals surface area contributed by atoms with E-state index in [-0.39, 0.29) is 23.2 Å². The van der Waals surface area contributed by atoms with Crippen molar-refractivity contribution in [1.29, 1.82) is 0 Å². The van der Waals surface area contributed by atoms with Gasteiger partial charge in [0.15, 0.2) is 5.69 Å². The molecule has 0 unspecified atom stereocenters. The summed E-state index contributed by atoms with van der Waals surface area (Å²) in [5, 5.41) is 21.6. The number of anilines is 1. The largest absolute Gasteiger partial charge is 0.490 e. The molecule has 5 aromatic rings. The van der Waals surface area contributed by atoms with Crippen LogP contribution in [-0.4, -0.2) is 62.5 Å². The van der Waals surface area contributed by atoms with Crippen molar-refractivity contribution in [3.05, 3.63) is 88.1 Å². The van der Waals surface area contributed by atoms with E-state index < -0.39 is 35.6 Å². The number of alkyl halides is 6. The second-order valence-corrected chi connectivity index (χ2v) is 11.8. The fourth-order valence-electron chi connectivity index (χ4n) is 5.30. The predicted molar refractivity (Wildman–Crippen MR) is 169 cm³/mol. The summed E-state index contributed by atoms with van der Waals surface area (Å²) in [6.45, 7) is 1.85. The molecule has 5 heterocycles. The van der Waals surface area contributed by atoms with E-state index in [0.29, 0.717) is 46.9 Å². The first-order valence-electron chi connectivity index (χ1n) is 14.9. The van der Waals surface area contributed by atoms with Crippen LogP contribution in [0.15, 0.2) is 66.1 Å². The van der Waals surface area contributed by atoms with Gasteiger partial charge in [0.25, 0.3) is 5.56 Å². The lowest BCUT2D eigenvalue weighted by Crippen LogP contribution is -2.27. The van der Waals surface area contributed by atoms with Crippen LogP contribution in [0.4, 0.5) is 32.0 Å². The standard InChI is InChI=1S/C29H25ClF3N9O2.C2HF3O2/c1-16-4-3-5-24(21-10-17(8-9-34-21)27-22(37-28(16)44)13-36-40(27)2)41-15-35-20(12-26(41)43)19-11-18(30)6-7-23(19)42-14-25(38-39-42)29(31,32)33;3-2(4,5)1(6)7/h6-16,24H,3-5H2,1-2H3,(H,37,44);(H,6,7)/t16-,24+;/m1./s1. The van der Waals surface area contributed by atoms with Crippen LogP contribution < -0.4 is 10.9 Å². The molecule has 0 saturated carbocycles. The molecule has 0 aliphatic carbocycles. The van der Waals surface area contributed by atoms with Gasteiger partial charge in [0.1, 0.15) is 0 Å². The molecule has 268 valence electrons. The number of nitrogens with zero attached hydrogens (tertiary/aromatic N) is 8. The van der Waals surface area contributed by atoms with Gasteiger partial charge in [0.05, 0.1) is 53.2 Å². The van der Waals surface area contributed by atoms with Gasteiger partial charge >= 0.3 is 18.3 Å². The van der Waals surface area contributed by atoms with E-state index in [1.165, 1.54) is 35.2 Å². The van der Waals surface area contributed by atoms with Crippen molar-refractivity contribution < 1.29 is 41.0 Å². The van der Waals surface area contributed by atoms with Crippen molar-refractivity contribution in [2.45, 2.75) is 44.6 Å². The third-order valence-corrected chi connectivity index (χ3v) is 8.07. The van der Waals surface area contributed by atoms with Crippen LogP contribution in [-0.2, 0) is 22.8 Å².